The maximum absolute atomic E-state index is 11.9. The molecule has 5 nitrogen and oxygen atoms in total. The van der Waals surface area contributed by atoms with E-state index in [2.05, 4.69) is 5.32 Å². The summed E-state index contributed by atoms with van der Waals surface area (Å²) in [5.74, 6) is -0.917. The fourth-order valence-corrected chi connectivity index (χ4v) is 2.67. The Hall–Kier alpha value is -1.59. The molecule has 1 atom stereocenters. The summed E-state index contributed by atoms with van der Waals surface area (Å²) in [6.07, 6.45) is 2.87. The third-order valence-electron chi connectivity index (χ3n) is 3.65. The Morgan fingerprint density at radius 2 is 2.00 bits per heavy atom. The average molecular weight is 311 g/mol. The summed E-state index contributed by atoms with van der Waals surface area (Å²) in [7, 11) is 0. The van der Waals surface area contributed by atoms with E-state index >= 15 is 0 Å². The van der Waals surface area contributed by atoms with Gasteiger partial charge in [-0.05, 0) is 43.7 Å². The zero-order valence-electron chi connectivity index (χ0n) is 11.7. The summed E-state index contributed by atoms with van der Waals surface area (Å²) in [6.45, 7) is 1.21. The number of carboxylic acid groups (broad SMARTS) is 1. The van der Waals surface area contributed by atoms with E-state index < -0.39 is 12.0 Å². The lowest BCUT2D eigenvalue weighted by Gasteiger charge is -2.32. The minimum atomic E-state index is -0.798. The molecule has 1 aromatic carbocycles. The first-order chi connectivity index (χ1) is 10.1. The molecular formula is C15H19ClN2O3. The number of rotatable bonds is 5. The topological polar surface area (TPSA) is 69.6 Å². The Kier molecular flexibility index (Phi) is 5.59. The summed E-state index contributed by atoms with van der Waals surface area (Å²) in [4.78, 5) is 25.0. The fourth-order valence-electron chi connectivity index (χ4n) is 2.54. The molecule has 1 fully saturated rings. The molecule has 1 heterocycles. The van der Waals surface area contributed by atoms with Crippen LogP contribution in [0.4, 0.5) is 5.69 Å². The highest BCUT2D eigenvalue weighted by Gasteiger charge is 2.28. The van der Waals surface area contributed by atoms with Crippen LogP contribution in [0, 0.1) is 0 Å². The molecule has 21 heavy (non-hydrogen) atoms. The Balaban J connectivity index is 1.82. The standard InChI is InChI=1S/C15H19ClN2O3/c16-11-4-6-12(7-5-11)17-14(19)8-10-18-9-2-1-3-13(18)15(20)21/h4-7,13H,1-3,8-10H2,(H,17,19)(H,20,21). The van der Waals surface area contributed by atoms with Gasteiger partial charge in [-0.3, -0.25) is 14.5 Å². The summed E-state index contributed by atoms with van der Waals surface area (Å²) in [5.41, 5.74) is 0.692. The molecular weight excluding hydrogens is 292 g/mol. The van der Waals surface area contributed by atoms with E-state index in [1.54, 1.807) is 24.3 Å². The van der Waals surface area contributed by atoms with Gasteiger partial charge in [0.05, 0.1) is 0 Å². The highest BCUT2D eigenvalue weighted by Crippen LogP contribution is 2.18. The van der Waals surface area contributed by atoms with Crippen LogP contribution in [0.1, 0.15) is 25.7 Å². The van der Waals surface area contributed by atoms with Gasteiger partial charge in [0, 0.05) is 23.7 Å². The first-order valence-corrected chi connectivity index (χ1v) is 7.46. The van der Waals surface area contributed by atoms with Crippen LogP contribution in [0.25, 0.3) is 0 Å². The van der Waals surface area contributed by atoms with Gasteiger partial charge >= 0.3 is 5.97 Å². The number of aliphatic carboxylic acids is 1. The normalized spacial score (nSPS) is 19.2. The maximum Gasteiger partial charge on any atom is 0.320 e. The highest BCUT2D eigenvalue weighted by molar-refractivity contribution is 6.30. The van der Waals surface area contributed by atoms with Crippen molar-refractivity contribution in [3.63, 3.8) is 0 Å². The van der Waals surface area contributed by atoms with Crippen LogP contribution in [0.15, 0.2) is 24.3 Å². The number of hydrogen-bond donors (Lipinski definition) is 2. The average Bonchev–Trinajstić information content (AvgIpc) is 2.48. The number of carbonyl (C=O) groups excluding carboxylic acids is 1. The van der Waals surface area contributed by atoms with Crippen molar-refractivity contribution in [2.75, 3.05) is 18.4 Å². The number of nitrogens with zero attached hydrogens (tertiary/aromatic N) is 1. The number of anilines is 1. The van der Waals surface area contributed by atoms with Gasteiger partial charge in [0.15, 0.2) is 0 Å². The SMILES string of the molecule is O=C(CCN1CCCCC1C(=O)O)Nc1ccc(Cl)cc1. The van der Waals surface area contributed by atoms with Gasteiger partial charge in [-0.25, -0.2) is 0 Å². The van der Waals surface area contributed by atoms with Crippen LogP contribution in [-0.4, -0.2) is 41.0 Å². The molecule has 0 bridgehead atoms. The lowest BCUT2D eigenvalue weighted by Crippen LogP contribution is -2.45. The van der Waals surface area contributed by atoms with Gasteiger partial charge in [0.1, 0.15) is 6.04 Å². The van der Waals surface area contributed by atoms with Gasteiger partial charge < -0.3 is 10.4 Å². The molecule has 114 valence electrons. The first-order valence-electron chi connectivity index (χ1n) is 7.08. The first kappa shape index (κ1) is 15.8. The van der Waals surface area contributed by atoms with Crippen LogP contribution in [0.3, 0.4) is 0 Å². The lowest BCUT2D eigenvalue weighted by molar-refractivity contribution is -0.144. The van der Waals surface area contributed by atoms with E-state index in [-0.39, 0.29) is 12.3 Å². The van der Waals surface area contributed by atoms with Crippen molar-refractivity contribution < 1.29 is 14.7 Å². The number of carboxylic acids is 1. The van der Waals surface area contributed by atoms with Crippen molar-refractivity contribution in [3.8, 4) is 0 Å². The van der Waals surface area contributed by atoms with Crippen LogP contribution in [0.5, 0.6) is 0 Å². The highest BCUT2D eigenvalue weighted by atomic mass is 35.5. The number of piperidine rings is 1. The van der Waals surface area contributed by atoms with Crippen molar-refractivity contribution in [2.24, 2.45) is 0 Å². The van der Waals surface area contributed by atoms with Gasteiger partial charge in [-0.1, -0.05) is 18.0 Å². The zero-order chi connectivity index (χ0) is 15.2. The van der Waals surface area contributed by atoms with Gasteiger partial charge in [0.25, 0.3) is 0 Å². The Morgan fingerprint density at radius 3 is 2.67 bits per heavy atom. The zero-order valence-corrected chi connectivity index (χ0v) is 12.5. The second-order valence-corrected chi connectivity index (χ2v) is 5.63. The number of halogens is 1. The third kappa shape index (κ3) is 4.72. The number of nitrogens with one attached hydrogen (secondary N) is 1. The number of carbonyl (C=O) groups is 2. The molecule has 0 spiro atoms. The predicted octanol–water partition coefficient (Wildman–Crippen LogP) is 2.61. The molecule has 0 radical (unpaired) electrons. The molecule has 1 aromatic rings. The lowest BCUT2D eigenvalue weighted by atomic mass is 10.0. The Bertz CT molecular complexity index is 504. The van der Waals surface area contributed by atoms with E-state index in [4.69, 9.17) is 11.6 Å². The van der Waals surface area contributed by atoms with Crippen LogP contribution in [-0.2, 0) is 9.59 Å². The van der Waals surface area contributed by atoms with E-state index in [1.807, 2.05) is 4.90 Å². The molecule has 1 amide bonds. The van der Waals surface area contributed by atoms with E-state index in [1.165, 1.54) is 0 Å². The van der Waals surface area contributed by atoms with Crippen molar-refractivity contribution in [1.29, 1.82) is 0 Å². The summed E-state index contributed by atoms with van der Waals surface area (Å²) in [5, 5.41) is 12.6. The van der Waals surface area contributed by atoms with Crippen molar-refractivity contribution >= 4 is 29.2 Å². The van der Waals surface area contributed by atoms with Crippen LogP contribution >= 0.6 is 11.6 Å². The van der Waals surface area contributed by atoms with Crippen LogP contribution in [0.2, 0.25) is 5.02 Å². The van der Waals surface area contributed by atoms with Crippen molar-refractivity contribution in [1.82, 2.24) is 4.90 Å². The summed E-state index contributed by atoms with van der Waals surface area (Å²) in [6, 6.07) is 6.44. The molecule has 1 unspecified atom stereocenters. The number of benzene rings is 1. The van der Waals surface area contributed by atoms with Gasteiger partial charge in [-0.15, -0.1) is 0 Å². The monoisotopic (exact) mass is 310 g/mol. The fraction of sp³-hybridized carbons (Fsp3) is 0.467. The molecule has 1 aliphatic rings. The molecule has 0 aromatic heterocycles. The quantitative estimate of drug-likeness (QED) is 0.877. The number of hydrogen-bond acceptors (Lipinski definition) is 3. The minimum Gasteiger partial charge on any atom is -0.480 e. The predicted molar refractivity (Wildman–Crippen MR) is 81.5 cm³/mol. The van der Waals surface area contributed by atoms with Crippen LogP contribution < -0.4 is 5.32 Å². The second-order valence-electron chi connectivity index (χ2n) is 5.19. The van der Waals surface area contributed by atoms with E-state index in [9.17, 15) is 14.7 Å². The molecule has 1 saturated heterocycles. The molecule has 1 aliphatic heterocycles. The third-order valence-corrected chi connectivity index (χ3v) is 3.90. The van der Waals surface area contributed by atoms with Crippen molar-refractivity contribution in [3.05, 3.63) is 29.3 Å². The minimum absolute atomic E-state index is 0.118. The Labute approximate surface area is 128 Å². The molecule has 0 aliphatic carbocycles. The smallest absolute Gasteiger partial charge is 0.320 e. The maximum atomic E-state index is 11.9. The number of amides is 1. The van der Waals surface area contributed by atoms with Crippen molar-refractivity contribution in [2.45, 2.75) is 31.7 Å². The largest absolute Gasteiger partial charge is 0.480 e. The molecule has 6 heteroatoms. The van der Waals surface area contributed by atoms with Gasteiger partial charge in [-0.2, -0.15) is 0 Å². The van der Waals surface area contributed by atoms with E-state index in [0.29, 0.717) is 23.7 Å². The van der Waals surface area contributed by atoms with E-state index in [0.717, 1.165) is 19.4 Å². The second kappa shape index (κ2) is 7.43. The Morgan fingerprint density at radius 1 is 1.29 bits per heavy atom. The summed E-state index contributed by atoms with van der Waals surface area (Å²) < 4.78 is 0. The molecule has 0 saturated carbocycles. The molecule has 2 rings (SSSR count). The van der Waals surface area contributed by atoms with Gasteiger partial charge in [0.2, 0.25) is 5.91 Å². The summed E-state index contributed by atoms with van der Waals surface area (Å²) >= 11 is 5.78. The number of likely N-dealkylation sites (tertiary alicyclic amines) is 1. The molecule has 2 N–H and O–H groups in total.